The summed E-state index contributed by atoms with van der Waals surface area (Å²) in [6, 6.07) is 0. The van der Waals surface area contributed by atoms with Gasteiger partial charge in [0, 0.05) is 7.11 Å². The Morgan fingerprint density at radius 3 is 2.56 bits per heavy atom. The molecule has 0 aromatic heterocycles. The van der Waals surface area contributed by atoms with Gasteiger partial charge in [-0.3, -0.25) is 0 Å². The van der Waals surface area contributed by atoms with E-state index in [9.17, 15) is 10.2 Å². The van der Waals surface area contributed by atoms with Crippen LogP contribution in [0.15, 0.2) is 0 Å². The van der Waals surface area contributed by atoms with Gasteiger partial charge >= 0.3 is 0 Å². The summed E-state index contributed by atoms with van der Waals surface area (Å²) in [5.41, 5.74) is 0. The molecule has 94 valence electrons. The molecule has 0 radical (unpaired) electrons. The Hall–Kier alpha value is -0.240. The molecule has 2 heterocycles. The fourth-order valence-corrected chi connectivity index (χ4v) is 2.02. The van der Waals surface area contributed by atoms with Crippen molar-refractivity contribution in [1.82, 2.24) is 0 Å². The summed E-state index contributed by atoms with van der Waals surface area (Å²) >= 11 is 0. The minimum absolute atomic E-state index is 0.307. The molecule has 6 nitrogen and oxygen atoms in total. The van der Waals surface area contributed by atoms with E-state index in [1.807, 2.05) is 0 Å². The Balaban J connectivity index is 2.11. The normalized spacial score (nSPS) is 47.4. The minimum atomic E-state index is -1.11. The zero-order valence-corrected chi connectivity index (χ0v) is 9.62. The molecular weight excluding hydrogens is 216 g/mol. The van der Waals surface area contributed by atoms with Crippen LogP contribution in [0.25, 0.3) is 0 Å². The number of hydrogen-bond acceptors (Lipinski definition) is 6. The number of ether oxygens (including phenoxy) is 4. The molecule has 0 amide bonds. The molecule has 0 unspecified atom stereocenters. The van der Waals surface area contributed by atoms with Crippen LogP contribution in [-0.4, -0.2) is 60.4 Å². The maximum atomic E-state index is 9.92. The van der Waals surface area contributed by atoms with Gasteiger partial charge in [0.05, 0.1) is 6.61 Å². The molecule has 2 fully saturated rings. The molecule has 5 atom stereocenters. The molecule has 0 aromatic rings. The predicted octanol–water partition coefficient (Wildman–Crippen LogP) is -0.769. The van der Waals surface area contributed by atoms with E-state index >= 15 is 0 Å². The van der Waals surface area contributed by atoms with Crippen LogP contribution in [-0.2, 0) is 18.9 Å². The van der Waals surface area contributed by atoms with Gasteiger partial charge in [-0.15, -0.1) is 0 Å². The molecule has 2 aliphatic rings. The SMILES string of the molecule is CO[C@H]1O[C@@H]2COC(C)(C)O[C@@H]2[C@@H](O)[C@H]1O. The average molecular weight is 234 g/mol. The summed E-state index contributed by atoms with van der Waals surface area (Å²) in [6.45, 7) is 3.82. The summed E-state index contributed by atoms with van der Waals surface area (Å²) in [4.78, 5) is 0. The summed E-state index contributed by atoms with van der Waals surface area (Å²) in [7, 11) is 1.41. The minimum Gasteiger partial charge on any atom is -0.387 e. The van der Waals surface area contributed by atoms with Gasteiger partial charge < -0.3 is 29.2 Å². The Morgan fingerprint density at radius 1 is 1.25 bits per heavy atom. The highest BCUT2D eigenvalue weighted by atomic mass is 16.8. The highest BCUT2D eigenvalue weighted by molar-refractivity contribution is 4.93. The van der Waals surface area contributed by atoms with Crippen molar-refractivity contribution in [2.75, 3.05) is 13.7 Å². The summed E-state index contributed by atoms with van der Waals surface area (Å²) < 4.78 is 21.3. The Morgan fingerprint density at radius 2 is 1.94 bits per heavy atom. The maximum absolute atomic E-state index is 9.92. The van der Waals surface area contributed by atoms with Crippen molar-refractivity contribution in [1.29, 1.82) is 0 Å². The quantitative estimate of drug-likeness (QED) is 0.620. The first-order valence-corrected chi connectivity index (χ1v) is 5.31. The van der Waals surface area contributed by atoms with Gasteiger partial charge in [0.15, 0.2) is 12.1 Å². The van der Waals surface area contributed by atoms with Crippen molar-refractivity contribution >= 4 is 0 Å². The molecule has 6 heteroatoms. The van der Waals surface area contributed by atoms with Crippen molar-refractivity contribution in [2.45, 2.75) is 50.3 Å². The first kappa shape index (κ1) is 12.2. The molecule has 0 aromatic carbocycles. The van der Waals surface area contributed by atoms with E-state index in [-0.39, 0.29) is 0 Å². The standard InChI is InChI=1S/C10H18O6/c1-10(2)14-4-5-8(16-10)6(11)7(12)9(13-3)15-5/h5-9,11-12H,4H2,1-3H3/t5-,6+,7-,8+,9+/m1/s1. The second kappa shape index (κ2) is 4.21. The van der Waals surface area contributed by atoms with Crippen LogP contribution in [0.1, 0.15) is 13.8 Å². The predicted molar refractivity (Wildman–Crippen MR) is 52.6 cm³/mol. The summed E-state index contributed by atoms with van der Waals surface area (Å²) in [6.07, 6.45) is -4.00. The van der Waals surface area contributed by atoms with Crippen molar-refractivity contribution in [3.8, 4) is 0 Å². The third-order valence-electron chi connectivity index (χ3n) is 2.89. The van der Waals surface area contributed by atoms with Crippen LogP contribution in [0.4, 0.5) is 0 Å². The zero-order chi connectivity index (χ0) is 11.9. The molecule has 0 spiro atoms. The second-order valence-corrected chi connectivity index (χ2v) is 4.55. The summed E-state index contributed by atoms with van der Waals surface area (Å²) in [5.74, 6) is -0.773. The highest BCUT2D eigenvalue weighted by Crippen LogP contribution is 2.32. The molecular formula is C10H18O6. The van der Waals surface area contributed by atoms with E-state index in [4.69, 9.17) is 18.9 Å². The van der Waals surface area contributed by atoms with E-state index in [0.29, 0.717) is 6.61 Å². The zero-order valence-electron chi connectivity index (χ0n) is 9.62. The maximum Gasteiger partial charge on any atom is 0.186 e. The molecule has 0 saturated carbocycles. The molecule has 2 saturated heterocycles. The Kier molecular flexibility index (Phi) is 3.22. The van der Waals surface area contributed by atoms with Crippen LogP contribution < -0.4 is 0 Å². The van der Waals surface area contributed by atoms with Crippen LogP contribution in [0.5, 0.6) is 0 Å². The molecule has 2 rings (SSSR count). The van der Waals surface area contributed by atoms with Gasteiger partial charge in [0.25, 0.3) is 0 Å². The van der Waals surface area contributed by atoms with Crippen molar-refractivity contribution in [2.24, 2.45) is 0 Å². The van der Waals surface area contributed by atoms with E-state index < -0.39 is 36.5 Å². The monoisotopic (exact) mass is 234 g/mol. The first-order valence-electron chi connectivity index (χ1n) is 5.31. The van der Waals surface area contributed by atoms with E-state index in [2.05, 4.69) is 0 Å². The van der Waals surface area contributed by atoms with Crippen LogP contribution >= 0.6 is 0 Å². The van der Waals surface area contributed by atoms with Gasteiger partial charge in [-0.1, -0.05) is 0 Å². The summed E-state index contributed by atoms with van der Waals surface area (Å²) in [5, 5.41) is 19.6. The number of rotatable bonds is 1. The van der Waals surface area contributed by atoms with Crippen molar-refractivity contribution in [3.05, 3.63) is 0 Å². The van der Waals surface area contributed by atoms with Crippen LogP contribution in [0.3, 0.4) is 0 Å². The lowest BCUT2D eigenvalue weighted by Crippen LogP contribution is -2.64. The third kappa shape index (κ3) is 2.09. The molecule has 16 heavy (non-hydrogen) atoms. The largest absolute Gasteiger partial charge is 0.387 e. The van der Waals surface area contributed by atoms with Crippen molar-refractivity contribution in [3.63, 3.8) is 0 Å². The third-order valence-corrected chi connectivity index (χ3v) is 2.89. The van der Waals surface area contributed by atoms with Gasteiger partial charge in [-0.05, 0) is 13.8 Å². The van der Waals surface area contributed by atoms with Gasteiger partial charge in [0.2, 0.25) is 0 Å². The topological polar surface area (TPSA) is 77.4 Å². The van der Waals surface area contributed by atoms with Gasteiger partial charge in [-0.25, -0.2) is 0 Å². The van der Waals surface area contributed by atoms with Crippen LogP contribution in [0.2, 0.25) is 0 Å². The van der Waals surface area contributed by atoms with Gasteiger partial charge in [0.1, 0.15) is 24.4 Å². The van der Waals surface area contributed by atoms with Gasteiger partial charge in [-0.2, -0.15) is 0 Å². The lowest BCUT2D eigenvalue weighted by molar-refractivity contribution is -0.379. The molecule has 0 bridgehead atoms. The molecule has 2 N–H and O–H groups in total. The Bertz CT molecular complexity index is 254. The molecule has 0 aliphatic carbocycles. The lowest BCUT2D eigenvalue weighted by atomic mass is 9.97. The highest BCUT2D eigenvalue weighted by Gasteiger charge is 2.50. The number of methoxy groups -OCH3 is 1. The second-order valence-electron chi connectivity index (χ2n) is 4.55. The number of aliphatic hydroxyl groups is 2. The smallest absolute Gasteiger partial charge is 0.186 e. The number of hydrogen-bond donors (Lipinski definition) is 2. The fourth-order valence-electron chi connectivity index (χ4n) is 2.02. The first-order chi connectivity index (χ1) is 7.44. The lowest BCUT2D eigenvalue weighted by Gasteiger charge is -2.48. The van der Waals surface area contributed by atoms with E-state index in [1.165, 1.54) is 7.11 Å². The number of fused-ring (bicyclic) bond motifs is 1. The Labute approximate surface area is 94.1 Å². The molecule has 2 aliphatic heterocycles. The van der Waals surface area contributed by atoms with E-state index in [0.717, 1.165) is 0 Å². The van der Waals surface area contributed by atoms with E-state index in [1.54, 1.807) is 13.8 Å². The number of aliphatic hydroxyl groups excluding tert-OH is 2. The average Bonchev–Trinajstić information content (AvgIpc) is 2.23. The van der Waals surface area contributed by atoms with Crippen LogP contribution in [0, 0.1) is 0 Å². The fraction of sp³-hybridized carbons (Fsp3) is 1.00. The van der Waals surface area contributed by atoms with Crippen molar-refractivity contribution < 1.29 is 29.2 Å².